The molecule has 0 saturated carbocycles. The number of ether oxygens (including phenoxy) is 3. The quantitative estimate of drug-likeness (QED) is 0.318. The number of hydrogen-bond acceptors (Lipinski definition) is 9. The molecule has 0 saturated heterocycles. The molecule has 0 spiro atoms. The van der Waals surface area contributed by atoms with E-state index in [2.05, 4.69) is 37.9 Å². The van der Waals surface area contributed by atoms with E-state index in [1.165, 1.54) is 0 Å². The summed E-state index contributed by atoms with van der Waals surface area (Å²) in [7, 11) is 0. The monoisotopic (exact) mass is 328 g/mol. The van der Waals surface area contributed by atoms with Gasteiger partial charge >= 0.3 is 17.9 Å². The highest BCUT2D eigenvalue weighted by Crippen LogP contribution is 2.03. The summed E-state index contributed by atoms with van der Waals surface area (Å²) in [5, 5.41) is 0. The van der Waals surface area contributed by atoms with Gasteiger partial charge < -0.3 is 14.2 Å². The number of carbonyl (C=O) groups excluding carboxylic acids is 3. The van der Waals surface area contributed by atoms with E-state index in [0.29, 0.717) is 0 Å². The molecular formula is C10H16O6S3. The van der Waals surface area contributed by atoms with E-state index in [1.807, 2.05) is 0 Å². The zero-order chi connectivity index (χ0) is 14.7. The number of rotatable bonds is 9. The van der Waals surface area contributed by atoms with Crippen molar-refractivity contribution < 1.29 is 28.6 Å². The first kappa shape index (κ1) is 18.5. The largest absolute Gasteiger partial charge is 0.465 e. The second-order valence-electron chi connectivity index (χ2n) is 3.28. The topological polar surface area (TPSA) is 78.9 Å². The summed E-state index contributed by atoms with van der Waals surface area (Å²) in [6.45, 7) is -0.0698. The Balaban J connectivity index is 4.13. The highest BCUT2D eigenvalue weighted by Gasteiger charge is 2.16. The van der Waals surface area contributed by atoms with Crippen molar-refractivity contribution in [3.8, 4) is 0 Å². The van der Waals surface area contributed by atoms with Crippen LogP contribution in [0.2, 0.25) is 0 Å². The first-order valence-electron chi connectivity index (χ1n) is 5.36. The third-order valence-electron chi connectivity index (χ3n) is 1.82. The lowest BCUT2D eigenvalue weighted by Crippen LogP contribution is -2.28. The zero-order valence-corrected chi connectivity index (χ0v) is 12.8. The van der Waals surface area contributed by atoms with Gasteiger partial charge in [-0.25, -0.2) is 0 Å². The number of hydrogen-bond donors (Lipinski definition) is 3. The van der Waals surface area contributed by atoms with Gasteiger partial charge in [0.2, 0.25) is 0 Å². The van der Waals surface area contributed by atoms with Crippen molar-refractivity contribution in [2.45, 2.75) is 12.5 Å². The van der Waals surface area contributed by atoms with Crippen LogP contribution in [0.1, 0.15) is 6.42 Å². The molecule has 110 valence electrons. The lowest BCUT2D eigenvalue weighted by Gasteiger charge is -2.17. The summed E-state index contributed by atoms with van der Waals surface area (Å²) in [5.74, 6) is -1.74. The molecule has 6 nitrogen and oxygen atoms in total. The van der Waals surface area contributed by atoms with Gasteiger partial charge in [-0.3, -0.25) is 14.4 Å². The predicted molar refractivity (Wildman–Crippen MR) is 78.0 cm³/mol. The molecule has 0 bridgehead atoms. The van der Waals surface area contributed by atoms with Crippen molar-refractivity contribution in [1.82, 2.24) is 0 Å². The highest BCUT2D eigenvalue weighted by molar-refractivity contribution is 7.81. The van der Waals surface area contributed by atoms with Crippen molar-refractivity contribution in [3.63, 3.8) is 0 Å². The summed E-state index contributed by atoms with van der Waals surface area (Å²) < 4.78 is 14.6. The van der Waals surface area contributed by atoms with E-state index in [0.717, 1.165) is 0 Å². The standard InChI is InChI=1S/C10H16O6S3/c11-8(4-17)14-2-1-7(16-10(13)6-19)3-15-9(12)5-18/h7,17-19H,1-6H2. The molecule has 1 atom stereocenters. The minimum Gasteiger partial charge on any atom is -0.465 e. The molecule has 0 aliphatic rings. The predicted octanol–water partition coefficient (Wildman–Crippen LogP) is 0.164. The van der Waals surface area contributed by atoms with E-state index in [1.54, 1.807) is 0 Å². The normalized spacial score (nSPS) is 11.5. The summed E-state index contributed by atoms with van der Waals surface area (Å²) >= 11 is 11.3. The molecule has 0 aliphatic carbocycles. The first-order chi connectivity index (χ1) is 9.03. The summed E-state index contributed by atoms with van der Waals surface area (Å²) in [6.07, 6.45) is -0.463. The Labute approximate surface area is 127 Å². The highest BCUT2D eigenvalue weighted by atomic mass is 32.1. The third-order valence-corrected chi connectivity index (χ3v) is 2.59. The lowest BCUT2D eigenvalue weighted by molar-refractivity contribution is -0.157. The van der Waals surface area contributed by atoms with Crippen molar-refractivity contribution >= 4 is 55.8 Å². The van der Waals surface area contributed by atoms with Crippen LogP contribution in [-0.4, -0.2) is 54.5 Å². The average molecular weight is 328 g/mol. The average Bonchev–Trinajstić information content (AvgIpc) is 2.43. The molecule has 0 N–H and O–H groups in total. The molecule has 0 radical (unpaired) electrons. The molecule has 1 unspecified atom stereocenters. The fourth-order valence-electron chi connectivity index (χ4n) is 0.981. The maximum atomic E-state index is 11.1. The molecule has 19 heavy (non-hydrogen) atoms. The van der Waals surface area contributed by atoms with E-state index in [9.17, 15) is 14.4 Å². The van der Waals surface area contributed by atoms with Crippen LogP contribution in [0.15, 0.2) is 0 Å². The SMILES string of the molecule is O=C(CS)OCCC(COC(=O)CS)OC(=O)CS. The van der Waals surface area contributed by atoms with Crippen LogP contribution in [0.25, 0.3) is 0 Å². The van der Waals surface area contributed by atoms with Gasteiger partial charge in [-0.2, -0.15) is 37.9 Å². The van der Waals surface area contributed by atoms with Crippen LogP contribution in [0, 0.1) is 0 Å². The van der Waals surface area contributed by atoms with Gasteiger partial charge in [0.25, 0.3) is 0 Å². The van der Waals surface area contributed by atoms with Gasteiger partial charge in [0.15, 0.2) is 0 Å². The van der Waals surface area contributed by atoms with Crippen LogP contribution in [0.5, 0.6) is 0 Å². The maximum Gasteiger partial charge on any atom is 0.316 e. The fourth-order valence-corrected chi connectivity index (χ4v) is 1.24. The van der Waals surface area contributed by atoms with Gasteiger partial charge in [0.1, 0.15) is 12.7 Å². The number of carbonyl (C=O) groups is 3. The Morgan fingerprint density at radius 2 is 1.37 bits per heavy atom. The molecule has 0 aliphatic heterocycles. The Kier molecular flexibility index (Phi) is 11.0. The van der Waals surface area contributed by atoms with Crippen LogP contribution in [-0.2, 0) is 28.6 Å². The molecule has 0 amide bonds. The number of esters is 3. The van der Waals surface area contributed by atoms with Crippen molar-refractivity contribution in [3.05, 3.63) is 0 Å². The second-order valence-corrected chi connectivity index (χ2v) is 4.23. The Morgan fingerprint density at radius 1 is 0.842 bits per heavy atom. The molecule has 0 fully saturated rings. The Morgan fingerprint density at radius 3 is 1.89 bits per heavy atom. The van der Waals surface area contributed by atoms with Crippen LogP contribution in [0.4, 0.5) is 0 Å². The van der Waals surface area contributed by atoms with Gasteiger partial charge in [-0.05, 0) is 0 Å². The molecule has 0 heterocycles. The van der Waals surface area contributed by atoms with Gasteiger partial charge in [-0.1, -0.05) is 0 Å². The molecule has 0 aromatic heterocycles. The minimum atomic E-state index is -0.684. The molecule has 0 aromatic carbocycles. The Bertz CT molecular complexity index is 310. The van der Waals surface area contributed by atoms with Crippen molar-refractivity contribution in [1.29, 1.82) is 0 Å². The van der Waals surface area contributed by atoms with E-state index < -0.39 is 24.0 Å². The summed E-state index contributed by atoms with van der Waals surface area (Å²) in [5.41, 5.74) is 0. The lowest BCUT2D eigenvalue weighted by atomic mass is 10.3. The van der Waals surface area contributed by atoms with Crippen LogP contribution >= 0.6 is 37.9 Å². The van der Waals surface area contributed by atoms with Crippen LogP contribution in [0.3, 0.4) is 0 Å². The second kappa shape index (κ2) is 11.3. The number of thiol groups is 3. The molecule has 0 aromatic rings. The molecule has 9 heteroatoms. The summed E-state index contributed by atoms with van der Waals surface area (Å²) in [4.78, 5) is 32.9. The van der Waals surface area contributed by atoms with Gasteiger partial charge in [0.05, 0.1) is 23.9 Å². The fraction of sp³-hybridized carbons (Fsp3) is 0.700. The first-order valence-corrected chi connectivity index (χ1v) is 7.26. The van der Waals surface area contributed by atoms with E-state index >= 15 is 0 Å². The van der Waals surface area contributed by atoms with Gasteiger partial charge in [-0.15, -0.1) is 0 Å². The van der Waals surface area contributed by atoms with Crippen LogP contribution < -0.4 is 0 Å². The van der Waals surface area contributed by atoms with E-state index in [4.69, 9.17) is 14.2 Å². The summed E-state index contributed by atoms with van der Waals surface area (Å²) in [6, 6.07) is 0. The third kappa shape index (κ3) is 9.97. The minimum absolute atomic E-state index is 0.0320. The Hall–Kier alpha value is -0.540. The van der Waals surface area contributed by atoms with E-state index in [-0.39, 0.29) is 36.9 Å². The van der Waals surface area contributed by atoms with Crippen molar-refractivity contribution in [2.75, 3.05) is 30.5 Å². The molecule has 0 rings (SSSR count). The smallest absolute Gasteiger partial charge is 0.316 e. The van der Waals surface area contributed by atoms with Crippen molar-refractivity contribution in [2.24, 2.45) is 0 Å². The molecular weight excluding hydrogens is 312 g/mol. The maximum absolute atomic E-state index is 11.1. The zero-order valence-electron chi connectivity index (χ0n) is 10.1. The van der Waals surface area contributed by atoms with Gasteiger partial charge in [0, 0.05) is 6.42 Å².